The second-order valence-electron chi connectivity index (χ2n) is 9.05. The van der Waals surface area contributed by atoms with Gasteiger partial charge in [0.25, 0.3) is 0 Å². The van der Waals surface area contributed by atoms with Crippen LogP contribution >= 0.6 is 0 Å². The number of benzene rings is 2. The fourth-order valence-corrected chi connectivity index (χ4v) is 3.85. The van der Waals surface area contributed by atoms with Gasteiger partial charge in [-0.3, -0.25) is 0 Å². The first-order valence-corrected chi connectivity index (χ1v) is 11.5. The van der Waals surface area contributed by atoms with Gasteiger partial charge in [0.2, 0.25) is 6.79 Å². The van der Waals surface area contributed by atoms with E-state index >= 15 is 0 Å². The summed E-state index contributed by atoms with van der Waals surface area (Å²) in [4.78, 5) is 12.2. The number of rotatable bonds is 8. The molecule has 0 amide bonds. The van der Waals surface area contributed by atoms with Gasteiger partial charge in [-0.25, -0.2) is 4.79 Å². The van der Waals surface area contributed by atoms with E-state index in [1.165, 1.54) is 0 Å². The predicted octanol–water partition coefficient (Wildman–Crippen LogP) is 4.39. The van der Waals surface area contributed by atoms with E-state index in [0.717, 1.165) is 51.5 Å². The van der Waals surface area contributed by atoms with E-state index in [0.29, 0.717) is 11.5 Å². The Morgan fingerprint density at radius 1 is 1.18 bits per heavy atom. The number of allylic oxidation sites excluding steroid dienone is 1. The monoisotopic (exact) mass is 466 g/mol. The summed E-state index contributed by atoms with van der Waals surface area (Å²) in [5.74, 6) is 2.07. The number of aryl methyl sites for hydroxylation is 1. The zero-order valence-electron chi connectivity index (χ0n) is 20.9. The van der Waals surface area contributed by atoms with Crippen LogP contribution in [0.15, 0.2) is 30.8 Å². The van der Waals surface area contributed by atoms with Gasteiger partial charge in [-0.1, -0.05) is 32.1 Å². The smallest absolute Gasteiger partial charge is 0.344 e. The molecule has 0 atom stereocenters. The summed E-state index contributed by atoms with van der Waals surface area (Å²) in [6, 6.07) is 7.80. The zero-order chi connectivity index (χ0) is 24.9. The van der Waals surface area contributed by atoms with Crippen LogP contribution in [-0.2, 0) is 16.0 Å². The van der Waals surface area contributed by atoms with Gasteiger partial charge in [0, 0.05) is 5.22 Å². The molecule has 1 aliphatic rings. The second-order valence-corrected chi connectivity index (χ2v) is 9.05. The number of ether oxygens (including phenoxy) is 5. The summed E-state index contributed by atoms with van der Waals surface area (Å²) < 4.78 is 27.9. The summed E-state index contributed by atoms with van der Waals surface area (Å²) in [6.07, 6.45) is 5.84. The molecule has 0 unspecified atom stereocenters. The summed E-state index contributed by atoms with van der Waals surface area (Å²) >= 11 is 0. The molecule has 0 saturated heterocycles. The minimum atomic E-state index is -0.585. The van der Waals surface area contributed by atoms with E-state index < -0.39 is 11.6 Å². The Hall–Kier alpha value is -3.41. The van der Waals surface area contributed by atoms with Crippen molar-refractivity contribution in [1.29, 1.82) is 0 Å². The molecule has 1 aliphatic heterocycles. The second kappa shape index (κ2) is 10.7. The molecule has 0 aromatic heterocycles. The first kappa shape index (κ1) is 25.2. The molecular weight excluding hydrogens is 432 g/mol. The van der Waals surface area contributed by atoms with Crippen LogP contribution in [0.5, 0.6) is 23.0 Å². The fourth-order valence-electron chi connectivity index (χ4n) is 3.85. The highest BCUT2D eigenvalue weighted by molar-refractivity contribution is 5.89. The lowest BCUT2D eigenvalue weighted by atomic mass is 9.96. The zero-order valence-corrected chi connectivity index (χ0v) is 20.9. The third-order valence-electron chi connectivity index (χ3n) is 5.25. The fraction of sp³-hybridized carbons (Fsp3) is 0.393. The van der Waals surface area contributed by atoms with Gasteiger partial charge in [-0.2, -0.15) is 0 Å². The average molecular weight is 467 g/mol. The molecular formula is C28H34O6. The number of fused-ring (bicyclic) bond motifs is 1. The largest absolute Gasteiger partial charge is 0.493 e. The first-order chi connectivity index (χ1) is 16.2. The molecule has 1 heterocycles. The van der Waals surface area contributed by atoms with Gasteiger partial charge in [0.05, 0.1) is 7.11 Å². The molecule has 2 aromatic carbocycles. The summed E-state index contributed by atoms with van der Waals surface area (Å²) in [6.45, 7) is 13.9. The van der Waals surface area contributed by atoms with Crippen molar-refractivity contribution >= 4 is 23.7 Å². The summed E-state index contributed by atoms with van der Waals surface area (Å²) in [5.41, 5.74) is 2.43. The lowest BCUT2D eigenvalue weighted by molar-refractivity contribution is -0.157. The van der Waals surface area contributed by atoms with Crippen molar-refractivity contribution in [3.63, 3.8) is 0 Å². The lowest BCUT2D eigenvalue weighted by Crippen LogP contribution is -2.31. The quantitative estimate of drug-likeness (QED) is 0.538. The first-order valence-electron chi connectivity index (χ1n) is 11.5. The molecule has 182 valence electrons. The van der Waals surface area contributed by atoms with Crippen molar-refractivity contribution in [3.05, 3.63) is 52.4 Å². The van der Waals surface area contributed by atoms with E-state index in [9.17, 15) is 4.79 Å². The van der Waals surface area contributed by atoms with Crippen LogP contribution in [0.1, 0.15) is 52.2 Å². The maximum Gasteiger partial charge on any atom is 0.344 e. The molecule has 0 spiro atoms. The van der Waals surface area contributed by atoms with E-state index in [-0.39, 0.29) is 13.4 Å². The maximum atomic E-state index is 12.2. The van der Waals surface area contributed by atoms with E-state index in [1.54, 1.807) is 7.11 Å². The molecule has 0 saturated carbocycles. The number of methoxy groups -OCH3 is 1. The molecule has 0 N–H and O–H groups in total. The van der Waals surface area contributed by atoms with Gasteiger partial charge in [0.15, 0.2) is 29.6 Å². The number of hydrogen-bond acceptors (Lipinski definition) is 6. The molecule has 0 aliphatic carbocycles. The number of carbonyl (C=O) groups excluding carboxylic acids is 1. The molecule has 6 nitrogen and oxygen atoms in total. The average Bonchev–Trinajstić information content (AvgIpc) is 3.23. The maximum absolute atomic E-state index is 12.2. The van der Waals surface area contributed by atoms with Crippen LogP contribution in [0.2, 0.25) is 0 Å². The molecule has 6 heteroatoms. The lowest BCUT2D eigenvalue weighted by Gasteiger charge is -2.20. The van der Waals surface area contributed by atoms with Crippen LogP contribution < -0.4 is 29.4 Å². The Balaban J connectivity index is 2.00. The van der Waals surface area contributed by atoms with Gasteiger partial charge in [-0.05, 0) is 80.3 Å². The SMILES string of the molecule is C=C(/C=c1/ccc(OC)c(OCC(=O)OC(C)(C)C)/c1=C/C)c1cc2c(cc1CCC)OCO2. The third-order valence-corrected chi connectivity index (χ3v) is 5.25. The van der Waals surface area contributed by atoms with Gasteiger partial charge >= 0.3 is 5.97 Å². The highest BCUT2D eigenvalue weighted by Gasteiger charge is 2.19. The predicted molar refractivity (Wildman–Crippen MR) is 134 cm³/mol. The van der Waals surface area contributed by atoms with E-state index in [1.807, 2.05) is 64.1 Å². The van der Waals surface area contributed by atoms with Crippen molar-refractivity contribution in [2.75, 3.05) is 20.5 Å². The van der Waals surface area contributed by atoms with E-state index in [4.69, 9.17) is 23.7 Å². The van der Waals surface area contributed by atoms with Crippen LogP contribution in [0, 0.1) is 0 Å². The number of esters is 1. The topological polar surface area (TPSA) is 63.2 Å². The molecule has 2 aromatic rings. The van der Waals surface area contributed by atoms with Crippen LogP contribution in [0.25, 0.3) is 17.7 Å². The Morgan fingerprint density at radius 2 is 1.88 bits per heavy atom. The highest BCUT2D eigenvalue weighted by atomic mass is 16.7. The molecule has 34 heavy (non-hydrogen) atoms. The Labute approximate surface area is 201 Å². The van der Waals surface area contributed by atoms with Crippen molar-refractivity contribution in [2.24, 2.45) is 0 Å². The highest BCUT2D eigenvalue weighted by Crippen LogP contribution is 2.37. The van der Waals surface area contributed by atoms with Crippen molar-refractivity contribution < 1.29 is 28.5 Å². The van der Waals surface area contributed by atoms with Crippen molar-refractivity contribution in [2.45, 2.75) is 53.1 Å². The van der Waals surface area contributed by atoms with Crippen molar-refractivity contribution in [1.82, 2.24) is 0 Å². The Bertz CT molecular complexity index is 1190. The normalized spacial score (nSPS) is 13.7. The van der Waals surface area contributed by atoms with Crippen molar-refractivity contribution in [3.8, 4) is 23.0 Å². The minimum Gasteiger partial charge on any atom is -0.493 e. The van der Waals surface area contributed by atoms with E-state index in [2.05, 4.69) is 13.5 Å². The van der Waals surface area contributed by atoms with Crippen LogP contribution in [0.3, 0.4) is 0 Å². The standard InChI is InChI=1S/C28H34O6/c1-8-10-19-14-24-25(33-17-32-24)15-22(19)18(3)13-20-11-12-23(30-7)27(21(20)9-2)31-16-26(29)34-28(4,5)6/h9,11-15H,3,8,10,16-17H2,1-2,4-7H3/b20-13-,21-9+. The van der Waals surface area contributed by atoms with Crippen LogP contribution in [-0.4, -0.2) is 32.1 Å². The number of carbonyl (C=O) groups is 1. The molecule has 3 rings (SSSR count). The van der Waals surface area contributed by atoms with Crippen LogP contribution in [0.4, 0.5) is 0 Å². The molecule has 0 bridgehead atoms. The van der Waals surface area contributed by atoms with Gasteiger partial charge in [0.1, 0.15) is 5.60 Å². The third kappa shape index (κ3) is 5.93. The van der Waals surface area contributed by atoms with Gasteiger partial charge < -0.3 is 23.7 Å². The minimum absolute atomic E-state index is 0.221. The summed E-state index contributed by atoms with van der Waals surface area (Å²) in [5, 5.41) is 1.70. The molecule has 0 fully saturated rings. The van der Waals surface area contributed by atoms with Gasteiger partial charge in [-0.15, -0.1) is 0 Å². The Kier molecular flexibility index (Phi) is 7.92. The summed E-state index contributed by atoms with van der Waals surface area (Å²) in [7, 11) is 1.57. The molecule has 0 radical (unpaired) electrons. The number of hydrogen-bond donors (Lipinski definition) is 0. The Morgan fingerprint density at radius 3 is 2.50 bits per heavy atom.